The second-order valence-corrected chi connectivity index (χ2v) is 5.24. The quantitative estimate of drug-likeness (QED) is 0.650. The number of nitro benzene ring substituents is 1. The number of anilines is 1. The Morgan fingerprint density at radius 3 is 2.58 bits per heavy atom. The number of ether oxygens (including phenoxy) is 1. The fourth-order valence-corrected chi connectivity index (χ4v) is 2.06. The monoisotopic (exact) mass is 329 g/mol. The summed E-state index contributed by atoms with van der Waals surface area (Å²) in [5.74, 6) is 0.769. The number of rotatable bonds is 6. The van der Waals surface area contributed by atoms with E-state index in [0.29, 0.717) is 13.2 Å². The Hall–Kier alpha value is -3.09. The van der Waals surface area contributed by atoms with Gasteiger partial charge in [-0.15, -0.1) is 0 Å². The van der Waals surface area contributed by atoms with Crippen LogP contribution in [0.5, 0.6) is 5.75 Å². The van der Waals surface area contributed by atoms with Gasteiger partial charge >= 0.3 is 6.03 Å². The molecule has 0 bridgehead atoms. The van der Waals surface area contributed by atoms with Gasteiger partial charge in [0.15, 0.2) is 0 Å². The standard InChI is InChI=1S/C17H19N3O4/c1-13-7-3-6-10-16(13)24-12-11-19(2)17(21)18-14-8-4-5-9-15(14)20(22)23/h3-10H,11-12H2,1-2H3,(H,18,21). The molecule has 0 unspecified atom stereocenters. The molecule has 7 nitrogen and oxygen atoms in total. The largest absolute Gasteiger partial charge is 0.491 e. The Morgan fingerprint density at radius 2 is 1.88 bits per heavy atom. The van der Waals surface area contributed by atoms with Crippen molar-refractivity contribution < 1.29 is 14.5 Å². The number of carbonyl (C=O) groups excluding carboxylic acids is 1. The molecule has 0 fully saturated rings. The van der Waals surface area contributed by atoms with Crippen molar-refractivity contribution in [2.75, 3.05) is 25.5 Å². The molecule has 0 aliphatic rings. The molecule has 2 amide bonds. The number of aryl methyl sites for hydroxylation is 1. The summed E-state index contributed by atoms with van der Waals surface area (Å²) in [6.07, 6.45) is 0. The van der Waals surface area contributed by atoms with Crippen LogP contribution in [0.1, 0.15) is 5.56 Å². The van der Waals surface area contributed by atoms with E-state index < -0.39 is 11.0 Å². The molecule has 0 atom stereocenters. The summed E-state index contributed by atoms with van der Waals surface area (Å²) in [6, 6.07) is 13.2. The second kappa shape index (κ2) is 7.96. The lowest BCUT2D eigenvalue weighted by Gasteiger charge is -2.18. The number of hydrogen-bond acceptors (Lipinski definition) is 4. The molecule has 0 heterocycles. The smallest absolute Gasteiger partial charge is 0.321 e. The van der Waals surface area contributed by atoms with E-state index in [4.69, 9.17) is 4.74 Å². The van der Waals surface area contributed by atoms with Gasteiger partial charge in [-0.1, -0.05) is 30.3 Å². The first-order valence-electron chi connectivity index (χ1n) is 7.43. The van der Waals surface area contributed by atoms with Crippen molar-refractivity contribution in [3.8, 4) is 5.75 Å². The highest BCUT2D eigenvalue weighted by molar-refractivity contribution is 5.91. The minimum atomic E-state index is -0.531. The highest BCUT2D eigenvalue weighted by Crippen LogP contribution is 2.23. The number of urea groups is 1. The zero-order valence-corrected chi connectivity index (χ0v) is 13.6. The molecule has 0 aliphatic heterocycles. The van der Waals surface area contributed by atoms with Crippen molar-refractivity contribution >= 4 is 17.4 Å². The van der Waals surface area contributed by atoms with Gasteiger partial charge in [-0.25, -0.2) is 4.79 Å². The Balaban J connectivity index is 1.89. The number of nitrogens with zero attached hydrogens (tertiary/aromatic N) is 2. The van der Waals surface area contributed by atoms with Crippen LogP contribution in [0.2, 0.25) is 0 Å². The van der Waals surface area contributed by atoms with Gasteiger partial charge < -0.3 is 15.0 Å². The second-order valence-electron chi connectivity index (χ2n) is 5.24. The number of benzene rings is 2. The normalized spacial score (nSPS) is 10.1. The molecule has 0 saturated heterocycles. The SMILES string of the molecule is Cc1ccccc1OCCN(C)C(=O)Nc1ccccc1[N+](=O)[O-]. The molecule has 1 N–H and O–H groups in total. The minimum Gasteiger partial charge on any atom is -0.491 e. The number of nitro groups is 1. The third-order valence-electron chi connectivity index (χ3n) is 3.47. The first kappa shape index (κ1) is 17.3. The van der Waals surface area contributed by atoms with Gasteiger partial charge in [-0.2, -0.15) is 0 Å². The molecule has 0 aromatic heterocycles. The Bertz CT molecular complexity index is 733. The van der Waals surface area contributed by atoms with Crippen LogP contribution in [0.3, 0.4) is 0 Å². The number of hydrogen-bond donors (Lipinski definition) is 1. The van der Waals surface area contributed by atoms with E-state index >= 15 is 0 Å². The van der Waals surface area contributed by atoms with Crippen LogP contribution in [0.15, 0.2) is 48.5 Å². The molecule has 0 saturated carbocycles. The molecular weight excluding hydrogens is 310 g/mol. The summed E-state index contributed by atoms with van der Waals surface area (Å²) in [6.45, 7) is 2.62. The third kappa shape index (κ3) is 4.45. The van der Waals surface area contributed by atoms with Crippen molar-refractivity contribution in [1.82, 2.24) is 4.90 Å². The van der Waals surface area contributed by atoms with Crippen LogP contribution in [-0.2, 0) is 0 Å². The van der Waals surface area contributed by atoms with Crippen LogP contribution in [0.25, 0.3) is 0 Å². The van der Waals surface area contributed by atoms with Gasteiger partial charge in [-0.05, 0) is 24.6 Å². The first-order chi connectivity index (χ1) is 11.5. The predicted octanol–water partition coefficient (Wildman–Crippen LogP) is 3.45. The van der Waals surface area contributed by atoms with E-state index in [-0.39, 0.29) is 11.4 Å². The topological polar surface area (TPSA) is 84.7 Å². The maximum atomic E-state index is 12.1. The van der Waals surface area contributed by atoms with E-state index in [0.717, 1.165) is 11.3 Å². The molecule has 2 rings (SSSR count). The molecule has 2 aromatic rings. The van der Waals surface area contributed by atoms with Gasteiger partial charge in [0.25, 0.3) is 5.69 Å². The maximum Gasteiger partial charge on any atom is 0.321 e. The van der Waals surface area contributed by atoms with Crippen LogP contribution >= 0.6 is 0 Å². The van der Waals surface area contributed by atoms with Crippen LogP contribution in [0.4, 0.5) is 16.2 Å². The highest BCUT2D eigenvalue weighted by Gasteiger charge is 2.16. The van der Waals surface area contributed by atoms with E-state index in [9.17, 15) is 14.9 Å². The van der Waals surface area contributed by atoms with Gasteiger partial charge in [0, 0.05) is 13.1 Å². The van der Waals surface area contributed by atoms with Gasteiger partial charge in [-0.3, -0.25) is 10.1 Å². The Morgan fingerprint density at radius 1 is 1.21 bits per heavy atom. The zero-order chi connectivity index (χ0) is 17.5. The molecule has 0 spiro atoms. The predicted molar refractivity (Wildman–Crippen MR) is 91.4 cm³/mol. The number of likely N-dealkylation sites (N-methyl/N-ethyl adjacent to an activating group) is 1. The molecule has 0 radical (unpaired) electrons. The van der Waals surface area contributed by atoms with Crippen molar-refractivity contribution in [1.29, 1.82) is 0 Å². The lowest BCUT2D eigenvalue weighted by molar-refractivity contribution is -0.383. The molecule has 0 aliphatic carbocycles. The molecule has 24 heavy (non-hydrogen) atoms. The summed E-state index contributed by atoms with van der Waals surface area (Å²) in [5.41, 5.74) is 1.04. The van der Waals surface area contributed by atoms with Gasteiger partial charge in [0.2, 0.25) is 0 Å². The lowest BCUT2D eigenvalue weighted by Crippen LogP contribution is -2.34. The third-order valence-corrected chi connectivity index (χ3v) is 3.47. The van der Waals surface area contributed by atoms with E-state index in [1.807, 2.05) is 31.2 Å². The van der Waals surface area contributed by atoms with Gasteiger partial charge in [0.05, 0.1) is 11.5 Å². The van der Waals surface area contributed by atoms with Crippen molar-refractivity contribution in [3.05, 3.63) is 64.2 Å². The van der Waals surface area contributed by atoms with Crippen LogP contribution in [-0.4, -0.2) is 36.1 Å². The van der Waals surface area contributed by atoms with E-state index in [2.05, 4.69) is 5.32 Å². The van der Waals surface area contributed by atoms with E-state index in [1.54, 1.807) is 19.2 Å². The zero-order valence-electron chi connectivity index (χ0n) is 13.6. The number of amides is 2. The molecular formula is C17H19N3O4. The van der Waals surface area contributed by atoms with Crippen molar-refractivity contribution in [2.45, 2.75) is 6.92 Å². The maximum absolute atomic E-state index is 12.1. The number of para-hydroxylation sites is 3. The fourth-order valence-electron chi connectivity index (χ4n) is 2.06. The summed E-state index contributed by atoms with van der Waals surface area (Å²) in [7, 11) is 1.60. The summed E-state index contributed by atoms with van der Waals surface area (Å²) >= 11 is 0. The first-order valence-corrected chi connectivity index (χ1v) is 7.43. The molecule has 2 aromatic carbocycles. The Kier molecular flexibility index (Phi) is 5.73. The number of nitrogens with one attached hydrogen (secondary N) is 1. The van der Waals surface area contributed by atoms with Crippen molar-refractivity contribution in [2.24, 2.45) is 0 Å². The summed E-state index contributed by atoms with van der Waals surface area (Å²) in [5, 5.41) is 13.5. The van der Waals surface area contributed by atoms with Crippen molar-refractivity contribution in [3.63, 3.8) is 0 Å². The highest BCUT2D eigenvalue weighted by atomic mass is 16.6. The average Bonchev–Trinajstić information content (AvgIpc) is 2.56. The van der Waals surface area contributed by atoms with Gasteiger partial charge in [0.1, 0.15) is 18.0 Å². The Labute approximate surface area is 140 Å². The molecule has 7 heteroatoms. The fraction of sp³-hybridized carbons (Fsp3) is 0.235. The molecule has 126 valence electrons. The van der Waals surface area contributed by atoms with Crippen LogP contribution < -0.4 is 10.1 Å². The van der Waals surface area contributed by atoms with E-state index in [1.165, 1.54) is 17.0 Å². The number of carbonyl (C=O) groups is 1. The van der Waals surface area contributed by atoms with Crippen LogP contribution in [0, 0.1) is 17.0 Å². The minimum absolute atomic E-state index is 0.143. The average molecular weight is 329 g/mol. The summed E-state index contributed by atoms with van der Waals surface area (Å²) in [4.78, 5) is 24.0. The summed E-state index contributed by atoms with van der Waals surface area (Å²) < 4.78 is 5.64. The lowest BCUT2D eigenvalue weighted by atomic mass is 10.2.